The second kappa shape index (κ2) is 7.31. The van der Waals surface area contributed by atoms with E-state index in [9.17, 15) is 18.0 Å². The molecule has 1 aromatic rings. The monoisotopic (exact) mass is 323 g/mol. The number of esters is 1. The average molecular weight is 324 g/mol. The number of alkyl halides is 3. The van der Waals surface area contributed by atoms with Crippen LogP contribution < -0.4 is 0 Å². The van der Waals surface area contributed by atoms with E-state index in [0.29, 0.717) is 0 Å². The Morgan fingerprint density at radius 1 is 1.33 bits per heavy atom. The first kappa shape index (κ1) is 17.3. The first-order chi connectivity index (χ1) is 9.76. The van der Waals surface area contributed by atoms with E-state index in [-0.39, 0.29) is 12.0 Å². The SMILES string of the molecule is CC(C/C=N/OCl)(CC(F)(F)F)OC(=O)c1ccccc1. The van der Waals surface area contributed by atoms with Crippen LogP contribution in [0.3, 0.4) is 0 Å². The molecule has 21 heavy (non-hydrogen) atoms. The van der Waals surface area contributed by atoms with E-state index in [2.05, 4.69) is 9.55 Å². The van der Waals surface area contributed by atoms with Gasteiger partial charge in [0.2, 0.25) is 0 Å². The molecule has 0 saturated carbocycles. The number of benzene rings is 1. The number of carbonyl (C=O) groups excluding carboxylic acids is 1. The zero-order valence-electron chi connectivity index (χ0n) is 11.1. The van der Waals surface area contributed by atoms with Crippen molar-refractivity contribution in [3.63, 3.8) is 0 Å². The highest BCUT2D eigenvalue weighted by molar-refractivity contribution is 6.07. The summed E-state index contributed by atoms with van der Waals surface area (Å²) in [4.78, 5) is 11.9. The molecule has 0 bridgehead atoms. The van der Waals surface area contributed by atoms with E-state index < -0.39 is 24.2 Å². The summed E-state index contributed by atoms with van der Waals surface area (Å²) in [6.45, 7) is 1.17. The third-order valence-electron chi connectivity index (χ3n) is 2.56. The first-order valence-electron chi connectivity index (χ1n) is 5.90. The van der Waals surface area contributed by atoms with Crippen LogP contribution in [0.25, 0.3) is 0 Å². The number of carbonyl (C=O) groups is 1. The molecule has 116 valence electrons. The van der Waals surface area contributed by atoms with Crippen LogP contribution in [0, 0.1) is 0 Å². The minimum atomic E-state index is -4.50. The molecule has 0 amide bonds. The Bertz CT molecular complexity index is 493. The molecule has 0 aliphatic rings. The highest BCUT2D eigenvalue weighted by atomic mass is 35.5. The van der Waals surface area contributed by atoms with Gasteiger partial charge in [-0.05, 0) is 19.1 Å². The van der Waals surface area contributed by atoms with Gasteiger partial charge in [-0.2, -0.15) is 13.2 Å². The van der Waals surface area contributed by atoms with Crippen LogP contribution in [0.2, 0.25) is 0 Å². The Labute approximate surface area is 124 Å². The lowest BCUT2D eigenvalue weighted by Gasteiger charge is -2.29. The largest absolute Gasteiger partial charge is 0.455 e. The van der Waals surface area contributed by atoms with Gasteiger partial charge < -0.3 is 4.74 Å². The predicted octanol–water partition coefficient (Wildman–Crippen LogP) is 4.10. The standard InChI is InChI=1S/C13H13ClF3NO3/c1-12(7-8-18-21-14,9-13(15,16)17)20-11(19)10-5-3-2-4-6-10/h2-6,8H,7,9H2,1H3/b18-8+. The van der Waals surface area contributed by atoms with Crippen molar-refractivity contribution in [1.82, 2.24) is 0 Å². The maximum atomic E-state index is 12.6. The van der Waals surface area contributed by atoms with Crippen molar-refractivity contribution in [2.75, 3.05) is 0 Å². The molecule has 0 heterocycles. The van der Waals surface area contributed by atoms with Crippen molar-refractivity contribution in [2.24, 2.45) is 5.16 Å². The van der Waals surface area contributed by atoms with Gasteiger partial charge in [-0.25, -0.2) is 4.79 Å². The van der Waals surface area contributed by atoms with Crippen molar-refractivity contribution in [3.8, 4) is 0 Å². The molecule has 0 aromatic heterocycles. The fourth-order valence-corrected chi connectivity index (χ4v) is 1.75. The molecular formula is C13H13ClF3NO3. The zero-order valence-corrected chi connectivity index (χ0v) is 11.8. The fourth-order valence-electron chi connectivity index (χ4n) is 1.69. The lowest BCUT2D eigenvalue weighted by atomic mass is 9.98. The van der Waals surface area contributed by atoms with Crippen LogP contribution in [0.5, 0.6) is 0 Å². The molecule has 0 spiro atoms. The molecule has 0 aliphatic heterocycles. The van der Waals surface area contributed by atoms with Crippen LogP contribution >= 0.6 is 11.9 Å². The highest BCUT2D eigenvalue weighted by Gasteiger charge is 2.42. The number of hydrogen-bond acceptors (Lipinski definition) is 4. The molecule has 1 aromatic carbocycles. The van der Waals surface area contributed by atoms with E-state index in [1.807, 2.05) is 0 Å². The molecule has 1 unspecified atom stereocenters. The Hall–Kier alpha value is -1.76. The van der Waals surface area contributed by atoms with Crippen LogP contribution in [0.4, 0.5) is 13.2 Å². The van der Waals surface area contributed by atoms with Gasteiger partial charge in [-0.3, -0.25) is 4.39 Å². The van der Waals surface area contributed by atoms with E-state index in [1.165, 1.54) is 19.1 Å². The summed E-state index contributed by atoms with van der Waals surface area (Å²) in [5.41, 5.74) is -1.64. The topological polar surface area (TPSA) is 47.9 Å². The second-order valence-corrected chi connectivity index (χ2v) is 4.70. The quantitative estimate of drug-likeness (QED) is 0.450. The van der Waals surface area contributed by atoms with E-state index in [0.717, 1.165) is 6.21 Å². The van der Waals surface area contributed by atoms with Gasteiger partial charge in [-0.1, -0.05) is 23.4 Å². The zero-order chi connectivity index (χ0) is 15.9. The maximum absolute atomic E-state index is 12.6. The second-order valence-electron chi connectivity index (χ2n) is 4.56. The average Bonchev–Trinajstić information content (AvgIpc) is 2.37. The molecule has 0 N–H and O–H groups in total. The number of ether oxygens (including phenoxy) is 1. The summed E-state index contributed by atoms with van der Waals surface area (Å²) in [6.07, 6.45) is -5.09. The minimum absolute atomic E-state index is 0.163. The van der Waals surface area contributed by atoms with Crippen molar-refractivity contribution in [1.29, 1.82) is 0 Å². The van der Waals surface area contributed by atoms with Crippen LogP contribution in [-0.4, -0.2) is 24.0 Å². The molecule has 1 rings (SSSR count). The van der Waals surface area contributed by atoms with Crippen LogP contribution in [-0.2, 0) is 9.13 Å². The molecule has 0 radical (unpaired) electrons. The number of oxime groups is 1. The molecule has 4 nitrogen and oxygen atoms in total. The Morgan fingerprint density at radius 2 is 1.95 bits per heavy atom. The van der Waals surface area contributed by atoms with Gasteiger partial charge in [0, 0.05) is 12.6 Å². The van der Waals surface area contributed by atoms with E-state index >= 15 is 0 Å². The smallest absolute Gasteiger partial charge is 0.392 e. The predicted molar refractivity (Wildman–Crippen MR) is 71.0 cm³/mol. The van der Waals surface area contributed by atoms with Crippen molar-refractivity contribution < 1.29 is 27.1 Å². The van der Waals surface area contributed by atoms with Crippen LogP contribution in [0.15, 0.2) is 35.5 Å². The highest BCUT2D eigenvalue weighted by Crippen LogP contribution is 2.32. The number of rotatable bonds is 6. The summed E-state index contributed by atoms with van der Waals surface area (Å²) < 4.78 is 46.7. The normalized spacial score (nSPS) is 14.7. The summed E-state index contributed by atoms with van der Waals surface area (Å²) >= 11 is 4.84. The minimum Gasteiger partial charge on any atom is -0.455 e. The summed E-state index contributed by atoms with van der Waals surface area (Å²) in [6, 6.07) is 7.75. The third kappa shape index (κ3) is 6.48. The molecule has 8 heteroatoms. The van der Waals surface area contributed by atoms with Gasteiger partial charge in [0.1, 0.15) is 5.60 Å². The summed E-state index contributed by atoms with van der Waals surface area (Å²) in [5, 5.41) is 3.15. The lowest BCUT2D eigenvalue weighted by Crippen LogP contribution is -2.37. The van der Waals surface area contributed by atoms with Crippen molar-refractivity contribution in [2.45, 2.75) is 31.5 Å². The molecule has 1 atom stereocenters. The van der Waals surface area contributed by atoms with Gasteiger partial charge in [-0.15, -0.1) is 0 Å². The van der Waals surface area contributed by atoms with Crippen molar-refractivity contribution >= 4 is 24.0 Å². The number of halogens is 4. The Morgan fingerprint density at radius 3 is 2.48 bits per heavy atom. The Balaban J connectivity index is 2.86. The Kier molecular flexibility index (Phi) is 6.02. The van der Waals surface area contributed by atoms with Gasteiger partial charge in [0.25, 0.3) is 0 Å². The molecule has 0 saturated heterocycles. The summed E-state index contributed by atoms with van der Waals surface area (Å²) in [5.74, 6) is -0.845. The van der Waals surface area contributed by atoms with E-state index in [4.69, 9.17) is 16.6 Å². The van der Waals surface area contributed by atoms with E-state index in [1.54, 1.807) is 18.2 Å². The maximum Gasteiger partial charge on any atom is 0.392 e. The number of nitrogens with zero attached hydrogens (tertiary/aromatic N) is 1. The molecule has 0 fully saturated rings. The van der Waals surface area contributed by atoms with Crippen molar-refractivity contribution in [3.05, 3.63) is 35.9 Å². The lowest BCUT2D eigenvalue weighted by molar-refractivity contribution is -0.171. The van der Waals surface area contributed by atoms with Gasteiger partial charge in [0.05, 0.1) is 12.0 Å². The fraction of sp³-hybridized carbons (Fsp3) is 0.385. The third-order valence-corrected chi connectivity index (χ3v) is 2.64. The molecular weight excluding hydrogens is 311 g/mol. The first-order valence-corrected chi connectivity index (χ1v) is 6.21. The van der Waals surface area contributed by atoms with Gasteiger partial charge >= 0.3 is 12.1 Å². The number of hydrogen-bond donors (Lipinski definition) is 0. The van der Waals surface area contributed by atoms with Crippen LogP contribution in [0.1, 0.15) is 30.1 Å². The molecule has 0 aliphatic carbocycles. The summed E-state index contributed by atoms with van der Waals surface area (Å²) in [7, 11) is 0. The van der Waals surface area contributed by atoms with Gasteiger partial charge in [0.15, 0.2) is 11.9 Å².